The Kier molecular flexibility index (Phi) is 5.84. The molecule has 3 aromatic rings. The Labute approximate surface area is 163 Å². The number of nitrogens with one attached hydrogen (secondary N) is 1. The van der Waals surface area contributed by atoms with Crippen LogP contribution in [0.5, 0.6) is 0 Å². The highest BCUT2D eigenvalue weighted by Crippen LogP contribution is 2.30. The first-order valence-corrected chi connectivity index (χ1v) is 9.64. The molecule has 5 heteroatoms. The van der Waals surface area contributed by atoms with Crippen molar-refractivity contribution in [2.75, 3.05) is 0 Å². The second-order valence-corrected chi connectivity index (χ2v) is 7.37. The lowest BCUT2D eigenvalue weighted by Gasteiger charge is -2.27. The van der Waals surface area contributed by atoms with E-state index in [4.69, 9.17) is 0 Å². The second kappa shape index (κ2) is 8.29. The van der Waals surface area contributed by atoms with E-state index in [0.29, 0.717) is 16.8 Å². The average Bonchev–Trinajstić information content (AvgIpc) is 3.22. The summed E-state index contributed by atoms with van der Waals surface area (Å²) >= 11 is 1.65. The van der Waals surface area contributed by atoms with Crippen LogP contribution in [-0.4, -0.2) is 16.7 Å². The monoisotopic (exact) mass is 378 g/mol. The van der Waals surface area contributed by atoms with Crippen LogP contribution >= 0.6 is 11.3 Å². The predicted octanol–water partition coefficient (Wildman–Crippen LogP) is 4.09. The number of hydrogen-bond donors (Lipinski definition) is 2. The molecule has 0 aliphatic carbocycles. The average molecular weight is 378 g/mol. The maximum Gasteiger partial charge on any atom is 0.281 e. The van der Waals surface area contributed by atoms with Gasteiger partial charge < -0.3 is 5.11 Å². The highest BCUT2D eigenvalue weighted by atomic mass is 32.1. The number of rotatable bonds is 6. The van der Waals surface area contributed by atoms with Crippen molar-refractivity contribution in [2.24, 2.45) is 5.10 Å². The lowest BCUT2D eigenvalue weighted by Crippen LogP contribution is -2.43. The number of amides is 1. The summed E-state index contributed by atoms with van der Waals surface area (Å²) in [5.74, 6) is -0.591. The summed E-state index contributed by atoms with van der Waals surface area (Å²) in [5.41, 5.74) is 2.42. The van der Waals surface area contributed by atoms with Gasteiger partial charge in [-0.05, 0) is 36.6 Å². The molecule has 0 radical (unpaired) electrons. The predicted molar refractivity (Wildman–Crippen MR) is 110 cm³/mol. The molecule has 0 aliphatic heterocycles. The van der Waals surface area contributed by atoms with Crippen molar-refractivity contribution in [3.05, 3.63) is 93.7 Å². The first kappa shape index (κ1) is 19.0. The number of aryl methyl sites for hydroxylation is 1. The van der Waals surface area contributed by atoms with Crippen LogP contribution in [0, 0.1) is 0 Å². The lowest BCUT2D eigenvalue weighted by molar-refractivity contribution is -0.136. The summed E-state index contributed by atoms with van der Waals surface area (Å²) in [4.78, 5) is 15.3. The molecular formula is C22H22N2O2S. The van der Waals surface area contributed by atoms with Crippen molar-refractivity contribution in [2.45, 2.75) is 25.9 Å². The fraction of sp³-hybridized carbons (Fsp3) is 0.182. The Balaban J connectivity index is 1.91. The molecule has 0 saturated heterocycles. The zero-order valence-corrected chi connectivity index (χ0v) is 16.2. The smallest absolute Gasteiger partial charge is 0.281 e. The van der Waals surface area contributed by atoms with E-state index in [1.807, 2.05) is 25.1 Å². The molecule has 0 unspecified atom stereocenters. The minimum Gasteiger partial charge on any atom is -0.372 e. The van der Waals surface area contributed by atoms with Crippen molar-refractivity contribution >= 4 is 23.0 Å². The summed E-state index contributed by atoms with van der Waals surface area (Å²) in [6, 6.07) is 21.9. The van der Waals surface area contributed by atoms with Gasteiger partial charge >= 0.3 is 0 Å². The number of hydrogen-bond acceptors (Lipinski definition) is 4. The molecule has 0 aliphatic rings. The number of carbonyl (C=O) groups excluding carboxylic acids is 1. The van der Waals surface area contributed by atoms with E-state index >= 15 is 0 Å². The molecule has 1 heterocycles. The third-order valence-electron chi connectivity index (χ3n) is 4.40. The molecule has 138 valence electrons. The van der Waals surface area contributed by atoms with Crippen LogP contribution in [0.25, 0.3) is 0 Å². The molecule has 1 aromatic heterocycles. The van der Waals surface area contributed by atoms with Crippen LogP contribution in [0.3, 0.4) is 0 Å². The maximum absolute atomic E-state index is 13.0. The number of carbonyl (C=O) groups is 1. The van der Waals surface area contributed by atoms with Gasteiger partial charge in [0.25, 0.3) is 5.91 Å². The minimum absolute atomic E-state index is 0.492. The van der Waals surface area contributed by atoms with E-state index in [9.17, 15) is 9.90 Å². The molecule has 0 saturated carbocycles. The minimum atomic E-state index is -1.82. The van der Waals surface area contributed by atoms with Crippen LogP contribution in [0.1, 0.15) is 34.7 Å². The quantitative estimate of drug-likeness (QED) is 0.501. The lowest BCUT2D eigenvalue weighted by atomic mass is 9.85. The molecular weight excluding hydrogens is 356 g/mol. The van der Waals surface area contributed by atoms with Crippen molar-refractivity contribution in [3.8, 4) is 0 Å². The molecule has 4 nitrogen and oxygen atoms in total. The number of thiophene rings is 1. The first-order chi connectivity index (χ1) is 13.1. The number of aliphatic hydroxyl groups is 1. The first-order valence-electron chi connectivity index (χ1n) is 8.83. The zero-order valence-electron chi connectivity index (χ0n) is 15.3. The van der Waals surface area contributed by atoms with Gasteiger partial charge in [-0.25, -0.2) is 5.43 Å². The third-order valence-corrected chi connectivity index (χ3v) is 5.74. The van der Waals surface area contributed by atoms with Gasteiger partial charge in [-0.2, -0.15) is 5.10 Å². The third kappa shape index (κ3) is 3.99. The van der Waals surface area contributed by atoms with Gasteiger partial charge in [0, 0.05) is 4.88 Å². The van der Waals surface area contributed by atoms with Gasteiger partial charge in [-0.3, -0.25) is 4.79 Å². The van der Waals surface area contributed by atoms with Crippen molar-refractivity contribution in [3.63, 3.8) is 0 Å². The normalized spacial score (nSPS) is 12.0. The van der Waals surface area contributed by atoms with E-state index in [2.05, 4.69) is 23.5 Å². The van der Waals surface area contributed by atoms with Crippen molar-refractivity contribution in [1.29, 1.82) is 0 Å². The van der Waals surface area contributed by atoms with Gasteiger partial charge in [0.2, 0.25) is 0 Å². The summed E-state index contributed by atoms with van der Waals surface area (Å²) in [6.07, 6.45) is 0.964. The Morgan fingerprint density at radius 1 is 1.00 bits per heavy atom. The van der Waals surface area contributed by atoms with Crippen molar-refractivity contribution in [1.82, 2.24) is 5.43 Å². The highest BCUT2D eigenvalue weighted by Gasteiger charge is 2.39. The number of hydrazone groups is 1. The topological polar surface area (TPSA) is 61.7 Å². The molecule has 2 aromatic carbocycles. The molecule has 0 atom stereocenters. The number of benzene rings is 2. The standard InChI is InChI=1S/C22H22N2O2S/c1-3-19-14-15-20(27-19)16(2)23-24-21(25)22(26,17-10-6-4-7-11-17)18-12-8-5-9-13-18/h4-15,26H,3H2,1-2H3,(H,24,25). The van der Waals surface area contributed by atoms with Gasteiger partial charge in [0.1, 0.15) is 0 Å². The summed E-state index contributed by atoms with van der Waals surface area (Å²) < 4.78 is 0. The van der Waals surface area contributed by atoms with E-state index in [1.165, 1.54) is 4.88 Å². The van der Waals surface area contributed by atoms with Gasteiger partial charge in [0.05, 0.1) is 10.6 Å². The molecule has 0 fully saturated rings. The fourth-order valence-corrected chi connectivity index (χ4v) is 3.71. The summed E-state index contributed by atoms with van der Waals surface area (Å²) in [5, 5.41) is 15.6. The Morgan fingerprint density at radius 2 is 1.56 bits per heavy atom. The van der Waals surface area contributed by atoms with Crippen LogP contribution < -0.4 is 5.43 Å². The van der Waals surface area contributed by atoms with Crippen LogP contribution in [0.4, 0.5) is 0 Å². The largest absolute Gasteiger partial charge is 0.372 e. The maximum atomic E-state index is 13.0. The van der Waals surface area contributed by atoms with E-state index in [0.717, 1.165) is 11.3 Å². The summed E-state index contributed by atoms with van der Waals surface area (Å²) in [7, 11) is 0. The molecule has 0 bridgehead atoms. The molecule has 27 heavy (non-hydrogen) atoms. The Morgan fingerprint density at radius 3 is 2.04 bits per heavy atom. The van der Waals surface area contributed by atoms with Crippen molar-refractivity contribution < 1.29 is 9.90 Å². The van der Waals surface area contributed by atoms with Crippen LogP contribution in [-0.2, 0) is 16.8 Å². The van der Waals surface area contributed by atoms with Crippen LogP contribution in [0.15, 0.2) is 77.9 Å². The second-order valence-electron chi connectivity index (χ2n) is 6.20. The van der Waals surface area contributed by atoms with Gasteiger partial charge in [-0.1, -0.05) is 67.6 Å². The number of nitrogens with zero attached hydrogens (tertiary/aromatic N) is 1. The zero-order chi connectivity index (χ0) is 19.3. The SMILES string of the molecule is CCc1ccc(C(C)=NNC(=O)C(O)(c2ccccc2)c2ccccc2)s1. The molecule has 1 amide bonds. The Bertz CT molecular complexity index is 894. The Hall–Kier alpha value is -2.76. The van der Waals surface area contributed by atoms with Gasteiger partial charge in [-0.15, -0.1) is 11.3 Å². The highest BCUT2D eigenvalue weighted by molar-refractivity contribution is 7.14. The molecule has 2 N–H and O–H groups in total. The molecule has 3 rings (SSSR count). The van der Waals surface area contributed by atoms with Gasteiger partial charge in [0.15, 0.2) is 5.60 Å². The summed E-state index contributed by atoms with van der Waals surface area (Å²) in [6.45, 7) is 3.94. The van der Waals surface area contributed by atoms with E-state index < -0.39 is 11.5 Å². The van der Waals surface area contributed by atoms with E-state index in [1.54, 1.807) is 59.9 Å². The van der Waals surface area contributed by atoms with Crippen LogP contribution in [0.2, 0.25) is 0 Å². The fourth-order valence-electron chi connectivity index (χ4n) is 2.82. The van der Waals surface area contributed by atoms with E-state index in [-0.39, 0.29) is 0 Å². The molecule has 0 spiro atoms.